The highest BCUT2D eigenvalue weighted by molar-refractivity contribution is 6.39. The Morgan fingerprint density at radius 2 is 1.47 bits per heavy atom. The number of piperazine rings is 1. The summed E-state index contributed by atoms with van der Waals surface area (Å²) in [7, 11) is 0. The molecule has 6 aliphatic rings. The van der Waals surface area contributed by atoms with Crippen molar-refractivity contribution < 1.29 is 14.3 Å². The van der Waals surface area contributed by atoms with E-state index in [1.807, 2.05) is 18.2 Å². The van der Waals surface area contributed by atoms with Gasteiger partial charge in [0.1, 0.15) is 6.10 Å². The normalized spacial score (nSPS) is 42.9. The number of allylic oxidation sites excluding steroid dienone is 2. The van der Waals surface area contributed by atoms with Crippen LogP contribution in [0.5, 0.6) is 0 Å². The van der Waals surface area contributed by atoms with Crippen molar-refractivity contribution in [3.8, 4) is 0 Å². The molecule has 0 N–H and O–H groups in total. The van der Waals surface area contributed by atoms with Crippen molar-refractivity contribution in [3.63, 3.8) is 0 Å². The Balaban J connectivity index is 1.13. The molecular weight excluding hydrogens is 651 g/mol. The molecule has 1 heterocycles. The second-order valence-corrected chi connectivity index (χ2v) is 19.9. The zero-order valence-corrected chi connectivity index (χ0v) is 32.9. The van der Waals surface area contributed by atoms with E-state index in [9.17, 15) is 9.59 Å². The Morgan fingerprint density at radius 1 is 0.816 bits per heavy atom. The molecule has 9 atom stereocenters. The fraction of sp³-hybridized carbons (Fsp3) is 0.762. The molecule has 49 heavy (non-hydrogen) atoms. The largest absolute Gasteiger partial charge is 0.462 e. The van der Waals surface area contributed by atoms with Crippen molar-refractivity contribution in [3.05, 3.63) is 39.9 Å². The molecule has 1 amide bonds. The van der Waals surface area contributed by atoms with E-state index in [4.69, 9.17) is 27.9 Å². The molecule has 0 aromatic heterocycles. The van der Waals surface area contributed by atoms with Crippen LogP contribution >= 0.6 is 23.2 Å². The summed E-state index contributed by atoms with van der Waals surface area (Å²) in [5, 5.41) is 1.34. The minimum Gasteiger partial charge on any atom is -0.462 e. The Morgan fingerprint density at radius 3 is 2.12 bits per heavy atom. The van der Waals surface area contributed by atoms with Crippen LogP contribution in [-0.4, -0.2) is 49.1 Å². The summed E-state index contributed by atoms with van der Waals surface area (Å²) in [5.41, 5.74) is 2.99. The number of rotatable bonds is 3. The smallest absolute Gasteiger partial charge is 0.302 e. The van der Waals surface area contributed by atoms with Gasteiger partial charge in [-0.25, -0.2) is 0 Å². The van der Waals surface area contributed by atoms with Gasteiger partial charge in [-0.15, -0.1) is 0 Å². The van der Waals surface area contributed by atoms with Gasteiger partial charge < -0.3 is 14.5 Å². The van der Waals surface area contributed by atoms with Crippen molar-refractivity contribution in [1.82, 2.24) is 4.90 Å². The lowest BCUT2D eigenvalue weighted by molar-refractivity contribution is -0.212. The molecule has 1 aromatic carbocycles. The summed E-state index contributed by atoms with van der Waals surface area (Å²) in [6.45, 7) is 21.9. The molecule has 5 aliphatic carbocycles. The monoisotopic (exact) mass is 710 g/mol. The van der Waals surface area contributed by atoms with E-state index in [2.05, 4.69) is 64.3 Å². The van der Waals surface area contributed by atoms with Crippen LogP contribution in [-0.2, 0) is 14.3 Å². The number of esters is 1. The van der Waals surface area contributed by atoms with Crippen LogP contribution in [0, 0.1) is 50.2 Å². The average molecular weight is 712 g/mol. The van der Waals surface area contributed by atoms with E-state index in [-0.39, 0.29) is 44.6 Å². The quantitative estimate of drug-likeness (QED) is 0.231. The third-order valence-corrected chi connectivity index (χ3v) is 17.0. The maximum Gasteiger partial charge on any atom is 0.302 e. The van der Waals surface area contributed by atoms with Gasteiger partial charge in [-0.05, 0) is 116 Å². The fourth-order valence-electron chi connectivity index (χ4n) is 13.2. The standard InChI is InChI=1S/C42H60Cl2N2O3/c1-27(47)49-34-15-16-40(6)32(37(34,2)3)14-17-42(8)33(40)13-12-28-29-26-39(5,19-18-38(29,4)20-21-41(28,42)7)36(48)46-24-22-45(23-25-46)35-30(43)10-9-11-31(35)44/h9-12,29,32-34H,13-26H2,1-8H3/t29-,32-,33+,34-,38+,39-,40-,41+,42+/m0/s1. The summed E-state index contributed by atoms with van der Waals surface area (Å²) in [6.07, 6.45) is 13.9. The van der Waals surface area contributed by atoms with E-state index in [1.54, 1.807) is 12.5 Å². The molecular formula is C42H60Cl2N2O3. The van der Waals surface area contributed by atoms with Crippen molar-refractivity contribution in [2.24, 2.45) is 50.2 Å². The first-order chi connectivity index (χ1) is 22.9. The topological polar surface area (TPSA) is 49.9 Å². The zero-order valence-electron chi connectivity index (χ0n) is 31.4. The minimum atomic E-state index is -0.353. The molecule has 0 unspecified atom stereocenters. The second kappa shape index (κ2) is 11.9. The van der Waals surface area contributed by atoms with Crippen LogP contribution in [0.1, 0.15) is 120 Å². The van der Waals surface area contributed by atoms with Gasteiger partial charge in [0.15, 0.2) is 0 Å². The minimum absolute atomic E-state index is 0.00229. The predicted octanol–water partition coefficient (Wildman–Crippen LogP) is 10.4. The lowest BCUT2D eigenvalue weighted by atomic mass is 9.33. The van der Waals surface area contributed by atoms with Gasteiger partial charge in [0.05, 0.1) is 15.7 Å². The van der Waals surface area contributed by atoms with E-state index in [0.29, 0.717) is 46.8 Å². The zero-order chi connectivity index (χ0) is 35.4. The predicted molar refractivity (Wildman–Crippen MR) is 200 cm³/mol. The highest BCUT2D eigenvalue weighted by Crippen LogP contribution is 2.75. The van der Waals surface area contributed by atoms with Crippen molar-refractivity contribution in [2.75, 3.05) is 31.1 Å². The van der Waals surface area contributed by atoms with Crippen LogP contribution in [0.3, 0.4) is 0 Å². The number of anilines is 1. The summed E-state index contributed by atoms with van der Waals surface area (Å²) < 4.78 is 5.96. The molecule has 5 fully saturated rings. The number of nitrogens with zero attached hydrogens (tertiary/aromatic N) is 2. The molecule has 270 valence electrons. The molecule has 7 heteroatoms. The third kappa shape index (κ3) is 5.27. The van der Waals surface area contributed by atoms with Gasteiger partial charge in [-0.3, -0.25) is 9.59 Å². The van der Waals surface area contributed by atoms with Gasteiger partial charge in [-0.2, -0.15) is 0 Å². The number of ether oxygens (including phenoxy) is 1. The molecule has 0 radical (unpaired) electrons. The van der Waals surface area contributed by atoms with Crippen LogP contribution in [0.25, 0.3) is 0 Å². The fourth-order valence-corrected chi connectivity index (χ4v) is 13.9. The second-order valence-electron chi connectivity index (χ2n) is 19.1. The van der Waals surface area contributed by atoms with Crippen LogP contribution < -0.4 is 4.90 Å². The van der Waals surface area contributed by atoms with Crippen LogP contribution in [0.15, 0.2) is 29.8 Å². The number of hydrogen-bond acceptors (Lipinski definition) is 4. The van der Waals surface area contributed by atoms with Gasteiger partial charge in [-0.1, -0.05) is 89.4 Å². The Bertz CT molecular complexity index is 1530. The molecule has 0 bridgehead atoms. The summed E-state index contributed by atoms with van der Waals surface area (Å²) in [5.74, 6) is 1.78. The first-order valence-corrected chi connectivity index (χ1v) is 20.0. The van der Waals surface area contributed by atoms with Gasteiger partial charge in [0.2, 0.25) is 5.91 Å². The molecule has 1 saturated heterocycles. The number of carbonyl (C=O) groups excluding carboxylic acids is 2. The number of para-hydroxylation sites is 1. The number of benzene rings is 1. The van der Waals surface area contributed by atoms with Crippen molar-refractivity contribution >= 4 is 40.8 Å². The maximum atomic E-state index is 14.5. The SMILES string of the molecule is CC(=O)O[C@H]1CC[C@]2(C)[C@H]3CC=C4[C@@H]5C[C@@](C)(C(=O)N6CCN(c7c(Cl)cccc7Cl)CC6)CC[C@]5(C)CC[C@@]4(C)[C@]3(C)CC[C@H]2C1(C)C. The van der Waals surface area contributed by atoms with Gasteiger partial charge >= 0.3 is 5.97 Å². The number of hydrogen-bond donors (Lipinski definition) is 0. The molecule has 1 aromatic rings. The average Bonchev–Trinajstić information content (AvgIpc) is 3.03. The van der Waals surface area contributed by atoms with E-state index >= 15 is 0 Å². The van der Waals surface area contributed by atoms with Gasteiger partial charge in [0.25, 0.3) is 0 Å². The molecule has 5 nitrogen and oxygen atoms in total. The molecule has 1 aliphatic heterocycles. The summed E-state index contributed by atoms with van der Waals surface area (Å²) in [6, 6.07) is 5.67. The summed E-state index contributed by atoms with van der Waals surface area (Å²) >= 11 is 13.1. The Labute approximate surface area is 305 Å². The van der Waals surface area contributed by atoms with Crippen LogP contribution in [0.2, 0.25) is 10.0 Å². The van der Waals surface area contributed by atoms with Gasteiger partial charge in [0, 0.05) is 43.9 Å². The Hall–Kier alpha value is -1.72. The van der Waals surface area contributed by atoms with Crippen molar-refractivity contribution in [2.45, 2.75) is 126 Å². The van der Waals surface area contributed by atoms with E-state index < -0.39 is 0 Å². The van der Waals surface area contributed by atoms with Crippen LogP contribution in [0.4, 0.5) is 5.69 Å². The lowest BCUT2D eigenvalue weighted by Gasteiger charge is -2.71. The Kier molecular flexibility index (Phi) is 8.67. The molecule has 7 rings (SSSR count). The number of halogens is 2. The van der Waals surface area contributed by atoms with Crippen molar-refractivity contribution in [1.29, 1.82) is 0 Å². The van der Waals surface area contributed by atoms with E-state index in [1.165, 1.54) is 25.7 Å². The first kappa shape index (κ1) is 35.7. The summed E-state index contributed by atoms with van der Waals surface area (Å²) in [4.78, 5) is 31.0. The first-order valence-electron chi connectivity index (χ1n) is 19.3. The number of fused-ring (bicyclic) bond motifs is 7. The molecule has 4 saturated carbocycles. The number of carbonyl (C=O) groups is 2. The highest BCUT2D eigenvalue weighted by Gasteiger charge is 2.68. The number of amides is 1. The molecule has 0 spiro atoms. The third-order valence-electron chi connectivity index (χ3n) is 16.4. The van der Waals surface area contributed by atoms with E-state index in [0.717, 1.165) is 57.3 Å². The highest BCUT2D eigenvalue weighted by atomic mass is 35.5. The lowest BCUT2D eigenvalue weighted by Crippen LogP contribution is -2.65. The maximum absolute atomic E-state index is 14.5.